The van der Waals surface area contributed by atoms with Crippen LogP contribution >= 0.6 is 0 Å². The molecular weight excluding hydrogens is 917 g/mol. The van der Waals surface area contributed by atoms with Gasteiger partial charge >= 0.3 is 0 Å². The molecule has 5 amide bonds. The maximum atomic E-state index is 13.8. The van der Waals surface area contributed by atoms with E-state index in [1.807, 2.05) is 23.8 Å². The zero-order valence-corrected chi connectivity index (χ0v) is 39.8. The maximum absolute atomic E-state index is 13.8. The van der Waals surface area contributed by atoms with Crippen molar-refractivity contribution >= 4 is 68.7 Å². The number of benzene rings is 3. The largest absolute Gasteiger partial charge is 0.377 e. The lowest BCUT2D eigenvalue weighted by Gasteiger charge is -2.15. The molecule has 1 saturated heterocycles. The van der Waals surface area contributed by atoms with Crippen LogP contribution in [0.4, 0.5) is 14.5 Å². The van der Waals surface area contributed by atoms with Crippen LogP contribution in [0.3, 0.4) is 0 Å². The van der Waals surface area contributed by atoms with E-state index >= 15 is 0 Å². The van der Waals surface area contributed by atoms with E-state index in [4.69, 9.17) is 23.7 Å². The van der Waals surface area contributed by atoms with Gasteiger partial charge in [0.25, 0.3) is 11.8 Å². The number of nitrogens with zero attached hydrogens (tertiary/aromatic N) is 3. The number of ether oxygens (including phenoxy) is 5. The molecule has 1 unspecified atom stereocenters. The number of nitrogens with one attached hydrogen (secondary N) is 4. The number of halogens is 2. The molecule has 1 aliphatic rings. The first-order valence-electron chi connectivity index (χ1n) is 22.6. The monoisotopic (exact) mass is 975 g/mol. The van der Waals surface area contributed by atoms with Crippen LogP contribution in [-0.2, 0) is 55.8 Å². The average Bonchev–Trinajstić information content (AvgIpc) is 3.84. The molecular formula is C49H59F2N7O12. The summed E-state index contributed by atoms with van der Waals surface area (Å²) < 4.78 is 58.2. The van der Waals surface area contributed by atoms with Crippen molar-refractivity contribution in [2.24, 2.45) is 13.0 Å². The quantitative estimate of drug-likeness (QED) is 0.0354. The first-order chi connectivity index (χ1) is 33.4. The summed E-state index contributed by atoms with van der Waals surface area (Å²) in [7, 11) is 1.79. The van der Waals surface area contributed by atoms with Gasteiger partial charge < -0.3 is 39.6 Å². The molecule has 0 radical (unpaired) electrons. The van der Waals surface area contributed by atoms with Crippen molar-refractivity contribution in [1.82, 2.24) is 30.3 Å². The van der Waals surface area contributed by atoms with E-state index < -0.39 is 11.8 Å². The smallest absolute Gasteiger partial charge is 0.270 e. The highest BCUT2D eigenvalue weighted by Crippen LogP contribution is 2.33. The summed E-state index contributed by atoms with van der Waals surface area (Å²) >= 11 is 0. The minimum atomic E-state index is -2.95. The number of Topliss-reactive ketones (excluding diaryl/α,β-unsaturated/α-hetero) is 2. The lowest BCUT2D eigenvalue weighted by molar-refractivity contribution is -0.136. The van der Waals surface area contributed by atoms with Crippen molar-refractivity contribution in [3.05, 3.63) is 89.1 Å². The van der Waals surface area contributed by atoms with Gasteiger partial charge in [0.1, 0.15) is 13.2 Å². The van der Waals surface area contributed by atoms with Crippen molar-refractivity contribution in [2.75, 3.05) is 84.5 Å². The maximum Gasteiger partial charge on any atom is 0.270 e. The van der Waals surface area contributed by atoms with E-state index in [9.17, 15) is 42.3 Å². The zero-order valence-electron chi connectivity index (χ0n) is 39.8. The Morgan fingerprint density at radius 2 is 1.39 bits per heavy atom. The normalized spacial score (nSPS) is 13.7. The number of carbonyl (C=O) groups is 7. The number of hydrogen-bond donors (Lipinski definition) is 4. The number of aromatic nitrogens is 3. The van der Waals surface area contributed by atoms with Crippen LogP contribution in [-0.4, -0.2) is 135 Å². The summed E-state index contributed by atoms with van der Waals surface area (Å²) in [6.07, 6.45) is 3.05. The van der Waals surface area contributed by atoms with E-state index in [-0.39, 0.29) is 129 Å². The third-order valence-corrected chi connectivity index (χ3v) is 10.7. The highest BCUT2D eigenvalue weighted by Gasteiger charge is 2.25. The number of alkyl halides is 2. The molecule has 4 N–H and O–H groups in total. The lowest BCUT2D eigenvalue weighted by atomic mass is 9.99. The Morgan fingerprint density at radius 3 is 1.99 bits per heavy atom. The Hall–Kier alpha value is -6.78. The van der Waals surface area contributed by atoms with E-state index in [2.05, 4.69) is 26.4 Å². The summed E-state index contributed by atoms with van der Waals surface area (Å²) in [5, 5.41) is 16.6. The molecule has 3 aromatic carbocycles. The predicted octanol–water partition coefficient (Wildman–Crippen LogP) is 4.66. The lowest BCUT2D eigenvalue weighted by Crippen LogP contribution is -2.39. The summed E-state index contributed by atoms with van der Waals surface area (Å²) in [6.45, 7) is 7.28. The molecule has 1 aliphatic heterocycles. The van der Waals surface area contributed by atoms with Crippen LogP contribution in [0.5, 0.6) is 0 Å². The van der Waals surface area contributed by atoms with Crippen LogP contribution in [0.1, 0.15) is 77.2 Å². The number of imide groups is 1. The average molecular weight is 976 g/mol. The third-order valence-electron chi connectivity index (χ3n) is 10.7. The molecule has 6 rings (SSSR count). The van der Waals surface area contributed by atoms with Gasteiger partial charge in [-0.25, -0.2) is 8.78 Å². The van der Waals surface area contributed by atoms with Crippen LogP contribution in [0.2, 0.25) is 0 Å². The number of anilines is 1. The standard InChI is InChI=1S/C43H50F2N6O10.C6H9NO2/c1-28(52)33-6-5-7-36(40(33)29(2)53)48-39(55)27-61-23-21-59-20-22-60-26-38(54)46-14-16-57-18-19-58-17-15-47-42(56)30-8-13-37-34(24-30)35-25-50(4)49-41(35)51(37)32-11-9-31(10-12-32)43(3,44)45;1-4-2-3-5(8)7-6(4)9/h5-13,24-25H,14-23,26-27H2,1-4H3,(H,46,54)(H,47,56)(H,48,55);4H,2-3H2,1H3,(H,7,8,9). The van der Waals surface area contributed by atoms with Gasteiger partial charge in [-0.05, 0) is 56.7 Å². The van der Waals surface area contributed by atoms with Gasteiger partial charge in [0.15, 0.2) is 17.2 Å². The number of aryl methyl sites for hydroxylation is 1. The Morgan fingerprint density at radius 1 is 0.771 bits per heavy atom. The number of amides is 5. The first-order valence-corrected chi connectivity index (χ1v) is 22.6. The molecule has 376 valence electrons. The highest BCUT2D eigenvalue weighted by atomic mass is 19.3. The van der Waals surface area contributed by atoms with Crippen LogP contribution in [0.25, 0.3) is 27.6 Å². The van der Waals surface area contributed by atoms with Gasteiger partial charge in [0, 0.05) is 78.7 Å². The fraction of sp³-hybridized carbons (Fsp3) is 0.429. The van der Waals surface area contributed by atoms with Crippen molar-refractivity contribution in [3.63, 3.8) is 0 Å². The zero-order chi connectivity index (χ0) is 50.8. The van der Waals surface area contributed by atoms with Gasteiger partial charge in [-0.15, -0.1) is 0 Å². The van der Waals surface area contributed by atoms with E-state index in [1.54, 1.807) is 48.1 Å². The first kappa shape index (κ1) is 54.2. The van der Waals surface area contributed by atoms with E-state index in [0.29, 0.717) is 43.0 Å². The molecule has 70 heavy (non-hydrogen) atoms. The summed E-state index contributed by atoms with van der Waals surface area (Å²) in [5.41, 5.74) is 3.10. The van der Waals surface area contributed by atoms with Crippen LogP contribution in [0, 0.1) is 5.92 Å². The molecule has 1 fully saturated rings. The number of carbonyl (C=O) groups excluding carboxylic acids is 7. The van der Waals surface area contributed by atoms with Crippen molar-refractivity contribution in [3.8, 4) is 5.69 Å². The summed E-state index contributed by atoms with van der Waals surface area (Å²) in [5.74, 6) is -4.91. The van der Waals surface area contributed by atoms with Gasteiger partial charge in [-0.2, -0.15) is 5.10 Å². The Labute approximate surface area is 402 Å². The summed E-state index contributed by atoms with van der Waals surface area (Å²) in [6, 6.07) is 16.0. The fourth-order valence-electron chi connectivity index (χ4n) is 7.16. The molecule has 21 heteroatoms. The predicted molar refractivity (Wildman–Crippen MR) is 253 cm³/mol. The Balaban J connectivity index is 0.000000909. The molecule has 0 bridgehead atoms. The molecule has 3 heterocycles. The molecule has 19 nitrogen and oxygen atoms in total. The Bertz CT molecular complexity index is 2640. The molecule has 0 aliphatic carbocycles. The van der Waals surface area contributed by atoms with Crippen LogP contribution < -0.4 is 21.3 Å². The topological polar surface area (TPSA) is 237 Å². The molecule has 0 spiro atoms. The van der Waals surface area contributed by atoms with Crippen LogP contribution in [0.15, 0.2) is 66.9 Å². The highest BCUT2D eigenvalue weighted by molar-refractivity contribution is 6.13. The van der Waals surface area contributed by atoms with Gasteiger partial charge in [0.05, 0.1) is 69.6 Å². The second-order valence-electron chi connectivity index (χ2n) is 16.3. The number of piperidine rings is 1. The van der Waals surface area contributed by atoms with E-state index in [1.165, 1.54) is 32.0 Å². The minimum absolute atomic E-state index is 0.0164. The van der Waals surface area contributed by atoms with Crippen molar-refractivity contribution in [2.45, 2.75) is 46.5 Å². The molecule has 5 aromatic rings. The summed E-state index contributed by atoms with van der Waals surface area (Å²) in [4.78, 5) is 82.3. The fourth-order valence-corrected chi connectivity index (χ4v) is 7.16. The van der Waals surface area contributed by atoms with Gasteiger partial charge in [-0.3, -0.25) is 48.1 Å². The SMILES string of the molecule is CC(=O)c1cccc(NC(=O)COCCOCCOCC(=O)NCCOCCOCCNC(=O)c2ccc3c(c2)c2cn(C)nc2n3-c2ccc(C(C)(F)F)cc2)c1C(C)=O.CC1CCC(=O)NC1=O. The minimum Gasteiger partial charge on any atom is -0.377 e. The van der Waals surface area contributed by atoms with Gasteiger partial charge in [-0.1, -0.05) is 31.2 Å². The molecule has 1 atom stereocenters. The van der Waals surface area contributed by atoms with E-state index in [0.717, 1.165) is 23.2 Å². The number of rotatable bonds is 25. The Kier molecular flexibility index (Phi) is 20.3. The second-order valence-corrected chi connectivity index (χ2v) is 16.3. The third kappa shape index (κ3) is 15.9. The van der Waals surface area contributed by atoms with Crippen molar-refractivity contribution < 1.29 is 66.0 Å². The van der Waals surface area contributed by atoms with Gasteiger partial charge in [0.2, 0.25) is 23.6 Å². The second kappa shape index (κ2) is 26.3. The number of ketones is 2. The molecule has 0 saturated carbocycles. The number of hydrogen-bond acceptors (Lipinski definition) is 13. The molecule has 2 aromatic heterocycles. The number of fused-ring (bicyclic) bond motifs is 3. The van der Waals surface area contributed by atoms with Crippen molar-refractivity contribution in [1.29, 1.82) is 0 Å².